The largest absolute Gasteiger partial charge is 0.0992 e. The van der Waals surface area contributed by atoms with Crippen LogP contribution in [0.1, 0.15) is 77.0 Å². The first-order valence-corrected chi connectivity index (χ1v) is 12.4. The van der Waals surface area contributed by atoms with Crippen LogP contribution in [0.4, 0.5) is 0 Å². The Bertz CT molecular complexity index is 1220. The second-order valence-corrected chi connectivity index (χ2v) is 10.2. The van der Waals surface area contributed by atoms with E-state index in [-0.39, 0.29) is 0 Å². The molecule has 3 aliphatic rings. The zero-order chi connectivity index (χ0) is 21.5. The van der Waals surface area contributed by atoms with Crippen molar-refractivity contribution in [1.82, 2.24) is 0 Å². The van der Waals surface area contributed by atoms with E-state index in [9.17, 15) is 0 Å². The van der Waals surface area contributed by atoms with E-state index < -0.39 is 0 Å². The third kappa shape index (κ3) is 3.77. The van der Waals surface area contributed by atoms with Crippen molar-refractivity contribution in [3.8, 4) is 11.1 Å². The second kappa shape index (κ2) is 8.24. The molecule has 0 spiro atoms. The normalized spacial score (nSPS) is 17.6. The summed E-state index contributed by atoms with van der Waals surface area (Å²) in [6.45, 7) is 4.21. The molecule has 0 saturated heterocycles. The quantitative estimate of drug-likeness (QED) is 0.376. The van der Waals surface area contributed by atoms with Crippen LogP contribution < -0.4 is 0 Å². The van der Waals surface area contributed by atoms with E-state index in [4.69, 9.17) is 0 Å². The van der Waals surface area contributed by atoms with Crippen molar-refractivity contribution < 1.29 is 0 Å². The topological polar surface area (TPSA) is 0 Å². The van der Waals surface area contributed by atoms with Gasteiger partial charge in [0.2, 0.25) is 0 Å². The lowest BCUT2D eigenvalue weighted by Crippen LogP contribution is -2.06. The Morgan fingerprint density at radius 2 is 1.66 bits per heavy atom. The third-order valence-electron chi connectivity index (χ3n) is 7.78. The fourth-order valence-electron chi connectivity index (χ4n) is 6.15. The molecule has 0 nitrogen and oxygen atoms in total. The van der Waals surface area contributed by atoms with Crippen LogP contribution in [0.25, 0.3) is 17.2 Å². The molecule has 1 saturated carbocycles. The molecule has 6 rings (SSSR count). The molecule has 0 heterocycles. The van der Waals surface area contributed by atoms with E-state index in [1.54, 1.807) is 5.56 Å². The maximum absolute atomic E-state index is 4.21. The van der Waals surface area contributed by atoms with Gasteiger partial charge in [-0.25, -0.2) is 0 Å². The molecule has 0 amide bonds. The first-order valence-electron chi connectivity index (χ1n) is 12.4. The highest BCUT2D eigenvalue weighted by molar-refractivity contribution is 5.80. The van der Waals surface area contributed by atoms with Gasteiger partial charge in [-0.2, -0.15) is 0 Å². The predicted octanol–water partition coefficient (Wildman–Crippen LogP) is 8.22. The number of benzene rings is 3. The summed E-state index contributed by atoms with van der Waals surface area (Å²) in [6.07, 6.45) is 15.7. The van der Waals surface area contributed by atoms with Gasteiger partial charge in [-0.05, 0) is 94.5 Å². The highest BCUT2D eigenvalue weighted by Crippen LogP contribution is 2.38. The van der Waals surface area contributed by atoms with Crippen molar-refractivity contribution in [2.24, 2.45) is 0 Å². The van der Waals surface area contributed by atoms with Crippen LogP contribution in [-0.4, -0.2) is 0 Å². The predicted molar refractivity (Wildman–Crippen MR) is 136 cm³/mol. The van der Waals surface area contributed by atoms with Gasteiger partial charge < -0.3 is 0 Å². The number of hydrogen-bond donors (Lipinski definition) is 0. The first kappa shape index (κ1) is 19.8. The molecule has 0 atom stereocenters. The molecule has 0 radical (unpaired) electrons. The van der Waals surface area contributed by atoms with Gasteiger partial charge in [0, 0.05) is 0 Å². The summed E-state index contributed by atoms with van der Waals surface area (Å²) >= 11 is 0. The third-order valence-corrected chi connectivity index (χ3v) is 7.78. The van der Waals surface area contributed by atoms with Crippen LogP contribution in [0.2, 0.25) is 0 Å². The molecule has 160 valence electrons. The lowest BCUT2D eigenvalue weighted by atomic mass is 9.81. The number of rotatable bonds is 4. The minimum atomic E-state index is 0.720. The molecular formula is C32H32. The van der Waals surface area contributed by atoms with Gasteiger partial charge in [-0.1, -0.05) is 98.2 Å². The van der Waals surface area contributed by atoms with Crippen LogP contribution in [0.15, 0.2) is 72.8 Å². The molecule has 0 N–H and O–H groups in total. The Hall–Kier alpha value is -2.86. The van der Waals surface area contributed by atoms with Gasteiger partial charge in [0.25, 0.3) is 0 Å². The fraction of sp³-hybridized carbons (Fsp3) is 0.312. The van der Waals surface area contributed by atoms with E-state index in [2.05, 4.69) is 73.3 Å². The minimum absolute atomic E-state index is 0.720. The van der Waals surface area contributed by atoms with E-state index in [1.807, 2.05) is 0 Å². The maximum Gasteiger partial charge on any atom is -0.00253 e. The average Bonchev–Trinajstić information content (AvgIpc) is 3.44. The van der Waals surface area contributed by atoms with Gasteiger partial charge in [0.1, 0.15) is 0 Å². The molecule has 1 fully saturated rings. The molecule has 3 aliphatic carbocycles. The first-order chi connectivity index (χ1) is 15.7. The molecule has 32 heavy (non-hydrogen) atoms. The van der Waals surface area contributed by atoms with Crippen LogP contribution >= 0.6 is 0 Å². The van der Waals surface area contributed by atoms with Crippen LogP contribution in [0.3, 0.4) is 0 Å². The minimum Gasteiger partial charge on any atom is -0.0992 e. The summed E-state index contributed by atoms with van der Waals surface area (Å²) in [4.78, 5) is 0. The molecule has 0 heteroatoms. The average molecular weight is 417 g/mol. The van der Waals surface area contributed by atoms with Crippen molar-refractivity contribution in [2.75, 3.05) is 0 Å². The zero-order valence-electron chi connectivity index (χ0n) is 19.0. The van der Waals surface area contributed by atoms with Crippen LogP contribution in [0.5, 0.6) is 0 Å². The molecular weight excluding hydrogens is 384 g/mol. The Morgan fingerprint density at radius 1 is 0.781 bits per heavy atom. The summed E-state index contributed by atoms with van der Waals surface area (Å²) < 4.78 is 0. The Kier molecular flexibility index (Phi) is 5.10. The summed E-state index contributed by atoms with van der Waals surface area (Å²) in [5.74, 6) is 0.720. The molecule has 0 bridgehead atoms. The maximum atomic E-state index is 4.21. The Morgan fingerprint density at radius 3 is 2.56 bits per heavy atom. The summed E-state index contributed by atoms with van der Waals surface area (Å²) in [5.41, 5.74) is 14.5. The van der Waals surface area contributed by atoms with Crippen molar-refractivity contribution in [3.05, 3.63) is 112 Å². The monoisotopic (exact) mass is 416 g/mol. The van der Waals surface area contributed by atoms with Gasteiger partial charge in [-0.3, -0.25) is 0 Å². The van der Waals surface area contributed by atoms with E-state index >= 15 is 0 Å². The van der Waals surface area contributed by atoms with Gasteiger partial charge in [0.05, 0.1) is 0 Å². The van der Waals surface area contributed by atoms with E-state index in [0.717, 1.165) is 31.6 Å². The Labute approximate surface area is 192 Å². The smallest absolute Gasteiger partial charge is 0.00253 e. The summed E-state index contributed by atoms with van der Waals surface area (Å²) in [5, 5.41) is 0. The van der Waals surface area contributed by atoms with E-state index in [1.165, 1.54) is 82.2 Å². The van der Waals surface area contributed by atoms with Crippen molar-refractivity contribution in [3.63, 3.8) is 0 Å². The van der Waals surface area contributed by atoms with Crippen molar-refractivity contribution >= 4 is 6.08 Å². The van der Waals surface area contributed by atoms with Crippen molar-refractivity contribution in [1.29, 1.82) is 0 Å². The molecule has 0 aliphatic heterocycles. The highest BCUT2D eigenvalue weighted by atomic mass is 14.2. The van der Waals surface area contributed by atoms with Gasteiger partial charge >= 0.3 is 0 Å². The lowest BCUT2D eigenvalue weighted by molar-refractivity contribution is 0.443. The Balaban J connectivity index is 1.40. The zero-order valence-corrected chi connectivity index (χ0v) is 19.0. The standard InChI is InChI=1S/C32H32/c1-22-15-27-14-13-23(18-28(27)16-22)17-24-19-29(25-7-3-2-4-8-25)21-30(20-24)32-12-6-10-26-9-5-11-31(26)32/h5-6,10-14,18-21,25H,1-4,7-9,15-17H2. The van der Waals surface area contributed by atoms with E-state index in [0.29, 0.717) is 0 Å². The fourth-order valence-corrected chi connectivity index (χ4v) is 6.15. The number of allylic oxidation sites excluding steroid dienone is 2. The lowest BCUT2D eigenvalue weighted by Gasteiger charge is -2.24. The molecule has 3 aromatic rings. The number of hydrogen-bond acceptors (Lipinski definition) is 0. The molecule has 0 unspecified atom stereocenters. The van der Waals surface area contributed by atoms with Crippen LogP contribution in [0, 0.1) is 0 Å². The molecule has 0 aromatic heterocycles. The highest BCUT2D eigenvalue weighted by Gasteiger charge is 2.19. The van der Waals surface area contributed by atoms with Gasteiger partial charge in [-0.15, -0.1) is 0 Å². The summed E-state index contributed by atoms with van der Waals surface area (Å²) in [7, 11) is 0. The second-order valence-electron chi connectivity index (χ2n) is 10.2. The van der Waals surface area contributed by atoms with Crippen LogP contribution in [-0.2, 0) is 25.7 Å². The SMILES string of the molecule is C=C1Cc2ccc(Cc3cc(-c4cccc5c4C=CC5)cc(C4CCCCC4)c3)cc2C1. The molecule has 3 aromatic carbocycles. The summed E-state index contributed by atoms with van der Waals surface area (Å²) in [6, 6.07) is 21.4. The number of fused-ring (bicyclic) bond motifs is 2. The van der Waals surface area contributed by atoms with Crippen molar-refractivity contribution in [2.45, 2.75) is 63.7 Å². The van der Waals surface area contributed by atoms with Gasteiger partial charge in [0.15, 0.2) is 0 Å².